The molecule has 2 amide bonds. The molecule has 0 spiro atoms. The molecule has 8 nitrogen and oxygen atoms in total. The Bertz CT molecular complexity index is 1020. The fourth-order valence-corrected chi connectivity index (χ4v) is 10.2. The predicted octanol–water partition coefficient (Wildman–Crippen LogP) is 4.78. The highest BCUT2D eigenvalue weighted by molar-refractivity contribution is 8.23. The molecule has 5 N–H and O–H groups in total. The van der Waals surface area contributed by atoms with Gasteiger partial charge in [-0.2, -0.15) is 4.31 Å². The summed E-state index contributed by atoms with van der Waals surface area (Å²) >= 11 is 18.8. The monoisotopic (exact) mass is 564 g/mol. The van der Waals surface area contributed by atoms with Crippen LogP contribution >= 0.6 is 45.8 Å². The van der Waals surface area contributed by atoms with E-state index in [1.807, 2.05) is 6.92 Å². The molecule has 4 saturated carbocycles. The van der Waals surface area contributed by atoms with Gasteiger partial charge in [-0.1, -0.05) is 41.7 Å². The van der Waals surface area contributed by atoms with Crippen LogP contribution in [0.25, 0.3) is 0 Å². The lowest BCUT2D eigenvalue weighted by Gasteiger charge is -2.59. The molecule has 1 aromatic carbocycles. The first-order chi connectivity index (χ1) is 16.4. The van der Waals surface area contributed by atoms with Crippen LogP contribution in [-0.4, -0.2) is 50.9 Å². The first kappa shape index (κ1) is 25.7. The van der Waals surface area contributed by atoms with Gasteiger partial charge in [0.25, 0.3) is 0 Å². The average Bonchev–Trinajstić information content (AvgIpc) is 2.73. The minimum atomic E-state index is -3.55. The second-order valence-electron chi connectivity index (χ2n) is 10.9. The summed E-state index contributed by atoms with van der Waals surface area (Å²) in [5, 5.41) is 3.93. The molecule has 1 heterocycles. The van der Waals surface area contributed by atoms with Gasteiger partial charge in [-0.05, 0) is 78.9 Å². The second-order valence-corrected chi connectivity index (χ2v) is 14.1. The molecule has 3 atom stereocenters. The van der Waals surface area contributed by atoms with Crippen LogP contribution in [0.1, 0.15) is 39.0 Å². The zero-order chi connectivity index (χ0) is 25.3. The van der Waals surface area contributed by atoms with Crippen molar-refractivity contribution in [1.82, 2.24) is 9.62 Å². The number of anilines is 1. The van der Waals surface area contributed by atoms with Crippen molar-refractivity contribution in [3.8, 4) is 0 Å². The Morgan fingerprint density at radius 2 is 1.71 bits per heavy atom. The summed E-state index contributed by atoms with van der Waals surface area (Å²) in [4.78, 5) is 25.4. The number of carbonyl (C=O) groups is 2. The average molecular weight is 566 g/mol. The van der Waals surface area contributed by atoms with Crippen molar-refractivity contribution in [2.45, 2.75) is 45.1 Å². The summed E-state index contributed by atoms with van der Waals surface area (Å²) in [6.07, 6.45) is 4.30. The zero-order valence-electron chi connectivity index (χ0n) is 19.4. The minimum absolute atomic E-state index is 0.0159. The second kappa shape index (κ2) is 9.11. The van der Waals surface area contributed by atoms with E-state index in [1.165, 1.54) is 20.7 Å². The lowest BCUT2D eigenvalue weighted by atomic mass is 9.47. The Hall–Kier alpha value is -0.940. The molecule has 35 heavy (non-hydrogen) atoms. The number of benzene rings is 1. The third-order valence-corrected chi connectivity index (χ3v) is 11.0. The predicted molar refractivity (Wildman–Crippen MR) is 140 cm³/mol. The normalized spacial score (nSPS) is 36.7. The standard InChI is InChI=1S/C23H31Cl3N4O4S/c1-12-9-29(35(33,34)30(10-12)21-17(25)4-16(24)5-18(21)26)11-19(31)28-20-14-2-13-3-15(20)8-23(6-13,7-14)22(27)32/h4-5,12-15,20,33-34H,2-3,6-11H2,1H3,(H2,27,32)(H,28,31)/t12-,13?,14?,15?,20?,23?/m1/s1. The molecule has 4 aliphatic carbocycles. The molecule has 4 bridgehead atoms. The van der Waals surface area contributed by atoms with E-state index < -0.39 is 16.4 Å². The van der Waals surface area contributed by atoms with Crippen LogP contribution in [0.15, 0.2) is 12.1 Å². The SMILES string of the molecule is C[C@@H]1CN(CC(=O)NC2C3CC4CC2CC(C(N)=O)(C4)C3)S(O)(O)N(c2c(Cl)cc(Cl)cc2Cl)C1. The van der Waals surface area contributed by atoms with Gasteiger partial charge in [-0.15, -0.1) is 0 Å². The van der Waals surface area contributed by atoms with Gasteiger partial charge in [-0.25, -0.2) is 0 Å². The summed E-state index contributed by atoms with van der Waals surface area (Å²) in [6.45, 7) is 2.43. The molecule has 1 aliphatic heterocycles. The van der Waals surface area contributed by atoms with Crippen molar-refractivity contribution in [3.63, 3.8) is 0 Å². The van der Waals surface area contributed by atoms with E-state index in [1.54, 1.807) is 0 Å². The third kappa shape index (κ3) is 4.51. The molecule has 2 unspecified atom stereocenters. The van der Waals surface area contributed by atoms with E-state index in [0.717, 1.165) is 32.1 Å². The molecule has 12 heteroatoms. The highest BCUT2D eigenvalue weighted by atomic mass is 35.5. The van der Waals surface area contributed by atoms with Gasteiger partial charge in [0.05, 0.1) is 22.3 Å². The number of halogens is 3. The van der Waals surface area contributed by atoms with Crippen LogP contribution in [0.2, 0.25) is 15.1 Å². The van der Waals surface area contributed by atoms with Crippen molar-refractivity contribution in [3.05, 3.63) is 27.2 Å². The largest absolute Gasteiger partial charge is 0.369 e. The molecule has 1 saturated heterocycles. The number of rotatable bonds is 5. The van der Waals surface area contributed by atoms with Gasteiger partial charge in [0.2, 0.25) is 11.8 Å². The van der Waals surface area contributed by atoms with Crippen molar-refractivity contribution in [1.29, 1.82) is 0 Å². The zero-order valence-corrected chi connectivity index (χ0v) is 22.5. The number of amides is 2. The number of primary amides is 1. The first-order valence-corrected chi connectivity index (χ1v) is 14.5. The molecule has 1 aromatic rings. The van der Waals surface area contributed by atoms with Crippen molar-refractivity contribution in [2.24, 2.45) is 34.8 Å². The molecule has 0 radical (unpaired) electrons. The lowest BCUT2D eigenvalue weighted by molar-refractivity contribution is -0.147. The number of carbonyl (C=O) groups excluding carboxylic acids is 2. The Morgan fingerprint density at radius 3 is 2.29 bits per heavy atom. The van der Waals surface area contributed by atoms with E-state index in [0.29, 0.717) is 24.0 Å². The van der Waals surface area contributed by atoms with Crippen molar-refractivity contribution >= 4 is 63.3 Å². The Labute approximate surface area is 222 Å². The molecule has 6 rings (SSSR count). The van der Waals surface area contributed by atoms with Crippen LogP contribution in [0, 0.1) is 29.1 Å². The highest BCUT2D eigenvalue weighted by Gasteiger charge is 2.58. The van der Waals surface area contributed by atoms with Crippen LogP contribution in [-0.2, 0) is 9.59 Å². The van der Waals surface area contributed by atoms with E-state index in [9.17, 15) is 18.7 Å². The van der Waals surface area contributed by atoms with E-state index >= 15 is 0 Å². The summed E-state index contributed by atoms with van der Waals surface area (Å²) in [5.74, 6) is 0.478. The number of nitrogens with zero attached hydrogens (tertiary/aromatic N) is 2. The topological polar surface area (TPSA) is 119 Å². The summed E-state index contributed by atoms with van der Waals surface area (Å²) < 4.78 is 25.3. The van der Waals surface area contributed by atoms with Gasteiger partial charge in [0.15, 0.2) is 0 Å². The molecule has 5 aliphatic rings. The summed E-state index contributed by atoms with van der Waals surface area (Å²) in [6, 6.07) is 2.98. The number of hydrogen-bond acceptors (Lipinski definition) is 6. The van der Waals surface area contributed by atoms with Crippen molar-refractivity contribution < 1.29 is 18.7 Å². The smallest absolute Gasteiger partial charge is 0.236 e. The Kier molecular flexibility index (Phi) is 6.69. The van der Waals surface area contributed by atoms with Crippen LogP contribution in [0.3, 0.4) is 0 Å². The van der Waals surface area contributed by atoms with Gasteiger partial charge in [0.1, 0.15) is 0 Å². The summed E-state index contributed by atoms with van der Waals surface area (Å²) in [5.41, 5.74) is 5.64. The highest BCUT2D eigenvalue weighted by Crippen LogP contribution is 2.60. The maximum absolute atomic E-state index is 13.2. The molecule has 0 aromatic heterocycles. The number of nitrogens with one attached hydrogen (secondary N) is 1. The maximum atomic E-state index is 13.2. The fourth-order valence-electron chi connectivity index (χ4n) is 7.12. The molecule has 194 valence electrons. The summed E-state index contributed by atoms with van der Waals surface area (Å²) in [7, 11) is -3.55. The van der Waals surface area contributed by atoms with Gasteiger partial charge in [0, 0.05) is 29.6 Å². The van der Waals surface area contributed by atoms with E-state index in [2.05, 4.69) is 5.32 Å². The lowest BCUT2D eigenvalue weighted by Crippen LogP contribution is -2.63. The minimum Gasteiger partial charge on any atom is -0.369 e. The van der Waals surface area contributed by atoms with Crippen LogP contribution in [0.5, 0.6) is 0 Å². The van der Waals surface area contributed by atoms with E-state index in [4.69, 9.17) is 40.5 Å². The molecular weight excluding hydrogens is 535 g/mol. The van der Waals surface area contributed by atoms with Gasteiger partial charge in [-0.3, -0.25) is 23.0 Å². The fraction of sp³-hybridized carbons (Fsp3) is 0.652. The van der Waals surface area contributed by atoms with Crippen molar-refractivity contribution in [2.75, 3.05) is 23.9 Å². The molecule has 5 fully saturated rings. The van der Waals surface area contributed by atoms with Gasteiger partial charge < -0.3 is 11.1 Å². The van der Waals surface area contributed by atoms with Crippen LogP contribution < -0.4 is 15.4 Å². The number of nitrogens with two attached hydrogens (primary N) is 1. The Morgan fingerprint density at radius 1 is 1.11 bits per heavy atom. The quantitative estimate of drug-likeness (QED) is 0.408. The molecular formula is C23H31Cl3N4O4S. The third-order valence-electron chi connectivity index (χ3n) is 8.31. The van der Waals surface area contributed by atoms with Crippen LogP contribution in [0.4, 0.5) is 5.69 Å². The number of hydrogen-bond donors (Lipinski definition) is 4. The maximum Gasteiger partial charge on any atom is 0.236 e. The first-order valence-electron chi connectivity index (χ1n) is 11.9. The van der Waals surface area contributed by atoms with E-state index in [-0.39, 0.29) is 57.9 Å². The van der Waals surface area contributed by atoms with Gasteiger partial charge >= 0.3 is 0 Å². The Balaban J connectivity index is 1.31.